The molecule has 2 atom stereocenters. The van der Waals surface area contributed by atoms with Crippen molar-refractivity contribution in [2.75, 3.05) is 38.2 Å². The molecule has 1 amide bonds. The molecule has 2 aliphatic heterocycles. The standard InChI is InChI=1S/C15H20N2O4.ClH/c18-15(14-9-16-6-8-20-14)17-12-3-1-2-4-13(12)21-11-5-7-19-10-11;/h1-4,11,14,16H,5-10H2,(H,17,18);1H. The molecule has 2 fully saturated rings. The number of hydrogen-bond donors (Lipinski definition) is 2. The fraction of sp³-hybridized carbons (Fsp3) is 0.533. The SMILES string of the molecule is Cl.O=C(Nc1ccccc1OC1CCOC1)C1CNCCO1. The van der Waals surface area contributed by atoms with E-state index in [-0.39, 0.29) is 24.4 Å². The van der Waals surface area contributed by atoms with Gasteiger partial charge in [0.15, 0.2) is 0 Å². The molecule has 0 aliphatic carbocycles. The topological polar surface area (TPSA) is 68.8 Å². The van der Waals surface area contributed by atoms with Crippen LogP contribution in [-0.4, -0.2) is 51.0 Å². The fourth-order valence-corrected chi connectivity index (χ4v) is 2.41. The average molecular weight is 329 g/mol. The second-order valence-corrected chi connectivity index (χ2v) is 5.15. The van der Waals surface area contributed by atoms with E-state index in [2.05, 4.69) is 10.6 Å². The first-order valence-electron chi connectivity index (χ1n) is 7.29. The normalized spacial score (nSPS) is 24.4. The maximum absolute atomic E-state index is 12.2. The predicted octanol–water partition coefficient (Wildman–Crippen LogP) is 1.20. The van der Waals surface area contributed by atoms with Crippen LogP contribution in [0.2, 0.25) is 0 Å². The number of halogens is 1. The molecule has 1 aromatic carbocycles. The molecule has 0 spiro atoms. The summed E-state index contributed by atoms with van der Waals surface area (Å²) in [6.45, 7) is 3.19. The lowest BCUT2D eigenvalue weighted by molar-refractivity contribution is -0.128. The summed E-state index contributed by atoms with van der Waals surface area (Å²) < 4.78 is 16.7. The summed E-state index contributed by atoms with van der Waals surface area (Å²) in [6, 6.07) is 7.44. The van der Waals surface area contributed by atoms with Crippen LogP contribution >= 0.6 is 12.4 Å². The Labute approximate surface area is 135 Å². The molecule has 0 saturated carbocycles. The molecule has 0 bridgehead atoms. The average Bonchev–Trinajstić information content (AvgIpc) is 3.03. The Morgan fingerprint density at radius 1 is 1.32 bits per heavy atom. The largest absolute Gasteiger partial charge is 0.486 e. The van der Waals surface area contributed by atoms with Crippen molar-refractivity contribution in [3.8, 4) is 5.75 Å². The molecule has 0 aromatic heterocycles. The molecule has 2 N–H and O–H groups in total. The van der Waals surface area contributed by atoms with E-state index in [0.717, 1.165) is 19.6 Å². The highest BCUT2D eigenvalue weighted by atomic mass is 35.5. The minimum absolute atomic E-state index is 0. The lowest BCUT2D eigenvalue weighted by Crippen LogP contribution is -2.45. The number of morpholine rings is 1. The molecule has 2 aliphatic rings. The van der Waals surface area contributed by atoms with Gasteiger partial charge in [-0.15, -0.1) is 12.4 Å². The highest BCUT2D eigenvalue weighted by Crippen LogP contribution is 2.26. The van der Waals surface area contributed by atoms with Crippen LogP contribution in [0.25, 0.3) is 0 Å². The van der Waals surface area contributed by atoms with Gasteiger partial charge in [-0.05, 0) is 12.1 Å². The highest BCUT2D eigenvalue weighted by Gasteiger charge is 2.23. The number of nitrogens with one attached hydrogen (secondary N) is 2. The van der Waals surface area contributed by atoms with E-state index in [1.54, 1.807) is 0 Å². The smallest absolute Gasteiger partial charge is 0.254 e. The zero-order valence-electron chi connectivity index (χ0n) is 12.2. The van der Waals surface area contributed by atoms with Crippen LogP contribution in [0.3, 0.4) is 0 Å². The van der Waals surface area contributed by atoms with Crippen LogP contribution in [-0.2, 0) is 14.3 Å². The summed E-state index contributed by atoms with van der Waals surface area (Å²) in [4.78, 5) is 12.2. The van der Waals surface area contributed by atoms with Crippen LogP contribution in [0, 0.1) is 0 Å². The van der Waals surface area contributed by atoms with Gasteiger partial charge >= 0.3 is 0 Å². The van der Waals surface area contributed by atoms with Crippen molar-refractivity contribution < 1.29 is 19.0 Å². The van der Waals surface area contributed by atoms with E-state index in [0.29, 0.717) is 31.2 Å². The maximum Gasteiger partial charge on any atom is 0.254 e. The van der Waals surface area contributed by atoms with Gasteiger partial charge in [0.25, 0.3) is 5.91 Å². The lowest BCUT2D eigenvalue weighted by Gasteiger charge is -2.23. The Balaban J connectivity index is 0.00000176. The number of anilines is 1. The van der Waals surface area contributed by atoms with Crippen LogP contribution in [0.1, 0.15) is 6.42 Å². The molecule has 2 saturated heterocycles. The number of amides is 1. The van der Waals surface area contributed by atoms with Crippen LogP contribution in [0.15, 0.2) is 24.3 Å². The third kappa shape index (κ3) is 4.33. The van der Waals surface area contributed by atoms with Gasteiger partial charge in [0.05, 0.1) is 25.5 Å². The molecular weight excluding hydrogens is 308 g/mol. The van der Waals surface area contributed by atoms with Crippen molar-refractivity contribution in [2.24, 2.45) is 0 Å². The third-order valence-corrected chi connectivity index (χ3v) is 3.55. The number of carbonyl (C=O) groups is 1. The molecule has 6 nitrogen and oxygen atoms in total. The van der Waals surface area contributed by atoms with Gasteiger partial charge in [0, 0.05) is 19.5 Å². The second-order valence-electron chi connectivity index (χ2n) is 5.15. The summed E-state index contributed by atoms with van der Waals surface area (Å²) in [5.74, 6) is 0.519. The summed E-state index contributed by atoms with van der Waals surface area (Å²) in [6.07, 6.45) is 0.468. The second kappa shape index (κ2) is 8.33. The van der Waals surface area contributed by atoms with E-state index >= 15 is 0 Å². The molecular formula is C15H21ClN2O4. The Morgan fingerprint density at radius 2 is 2.18 bits per heavy atom. The number of hydrogen-bond acceptors (Lipinski definition) is 5. The van der Waals surface area contributed by atoms with Crippen LogP contribution < -0.4 is 15.4 Å². The molecule has 7 heteroatoms. The van der Waals surface area contributed by atoms with Crippen molar-refractivity contribution in [2.45, 2.75) is 18.6 Å². The van der Waals surface area contributed by atoms with E-state index in [9.17, 15) is 4.79 Å². The van der Waals surface area contributed by atoms with Gasteiger partial charge in [-0.25, -0.2) is 0 Å². The molecule has 2 unspecified atom stereocenters. The van der Waals surface area contributed by atoms with Gasteiger partial charge in [0.2, 0.25) is 0 Å². The van der Waals surface area contributed by atoms with Crippen molar-refractivity contribution in [1.82, 2.24) is 5.32 Å². The Bertz CT molecular complexity index is 488. The first-order chi connectivity index (χ1) is 10.3. The van der Waals surface area contributed by atoms with Gasteiger partial charge in [-0.3, -0.25) is 4.79 Å². The molecule has 22 heavy (non-hydrogen) atoms. The van der Waals surface area contributed by atoms with E-state index in [1.807, 2.05) is 24.3 Å². The summed E-state index contributed by atoms with van der Waals surface area (Å²) in [5, 5.41) is 6.03. The zero-order chi connectivity index (χ0) is 14.5. The van der Waals surface area contributed by atoms with Crippen molar-refractivity contribution in [1.29, 1.82) is 0 Å². The van der Waals surface area contributed by atoms with Crippen molar-refractivity contribution in [3.63, 3.8) is 0 Å². The maximum atomic E-state index is 12.2. The van der Waals surface area contributed by atoms with Gasteiger partial charge in [-0.2, -0.15) is 0 Å². The zero-order valence-corrected chi connectivity index (χ0v) is 13.1. The summed E-state index contributed by atoms with van der Waals surface area (Å²) in [7, 11) is 0. The fourth-order valence-electron chi connectivity index (χ4n) is 2.41. The van der Waals surface area contributed by atoms with Crippen LogP contribution in [0.5, 0.6) is 5.75 Å². The minimum Gasteiger partial charge on any atom is -0.486 e. The number of benzene rings is 1. The van der Waals surface area contributed by atoms with Gasteiger partial charge < -0.3 is 24.8 Å². The minimum atomic E-state index is -0.457. The lowest BCUT2D eigenvalue weighted by atomic mass is 10.2. The Hall–Kier alpha value is -1.34. The number of carbonyl (C=O) groups excluding carboxylic acids is 1. The molecule has 1 aromatic rings. The number of ether oxygens (including phenoxy) is 3. The molecule has 2 heterocycles. The Morgan fingerprint density at radius 3 is 2.91 bits per heavy atom. The van der Waals surface area contributed by atoms with Gasteiger partial charge in [-0.1, -0.05) is 12.1 Å². The first-order valence-corrected chi connectivity index (χ1v) is 7.29. The predicted molar refractivity (Wildman–Crippen MR) is 84.8 cm³/mol. The molecule has 3 rings (SSSR count). The van der Waals surface area contributed by atoms with E-state index in [1.165, 1.54) is 0 Å². The van der Waals surface area contributed by atoms with Gasteiger partial charge in [0.1, 0.15) is 18.0 Å². The quantitative estimate of drug-likeness (QED) is 0.869. The number of rotatable bonds is 4. The molecule has 122 valence electrons. The van der Waals surface area contributed by atoms with E-state index in [4.69, 9.17) is 14.2 Å². The van der Waals surface area contributed by atoms with Crippen LogP contribution in [0.4, 0.5) is 5.69 Å². The Kier molecular flexibility index (Phi) is 6.45. The number of para-hydroxylation sites is 2. The van der Waals surface area contributed by atoms with Crippen molar-refractivity contribution in [3.05, 3.63) is 24.3 Å². The van der Waals surface area contributed by atoms with E-state index < -0.39 is 6.10 Å². The first kappa shape index (κ1) is 17.0. The summed E-state index contributed by atoms with van der Waals surface area (Å²) in [5.41, 5.74) is 0.670. The third-order valence-electron chi connectivity index (χ3n) is 3.55. The summed E-state index contributed by atoms with van der Waals surface area (Å²) >= 11 is 0. The van der Waals surface area contributed by atoms with Crippen molar-refractivity contribution >= 4 is 24.0 Å². The molecule has 0 radical (unpaired) electrons. The monoisotopic (exact) mass is 328 g/mol. The highest BCUT2D eigenvalue weighted by molar-refractivity contribution is 5.95.